The Balaban J connectivity index is 4.15. The molecule has 0 atom stereocenters. The molecule has 0 saturated carbocycles. The summed E-state index contributed by atoms with van der Waals surface area (Å²) in [6.45, 7) is 6.62. The van der Waals surface area contributed by atoms with Crippen LogP contribution in [0.25, 0.3) is 0 Å². The van der Waals surface area contributed by atoms with Crippen molar-refractivity contribution in [3.63, 3.8) is 0 Å². The summed E-state index contributed by atoms with van der Waals surface area (Å²) in [4.78, 5) is 10.6. The second-order valence-corrected chi connectivity index (χ2v) is 2.13. The van der Waals surface area contributed by atoms with Crippen molar-refractivity contribution in [2.75, 3.05) is 0 Å². The van der Waals surface area contributed by atoms with Crippen molar-refractivity contribution >= 4 is 5.78 Å². The summed E-state index contributed by atoms with van der Waals surface area (Å²) in [7, 11) is 0. The highest BCUT2D eigenvalue weighted by Crippen LogP contribution is 1.97. The lowest BCUT2D eigenvalue weighted by atomic mass is 10.2. The number of hydrogen-bond acceptors (Lipinski definition) is 2. The minimum atomic E-state index is -0.0925. The highest BCUT2D eigenvalue weighted by molar-refractivity contribution is 5.95. The van der Waals surface area contributed by atoms with E-state index in [2.05, 4.69) is 6.58 Å². The van der Waals surface area contributed by atoms with Gasteiger partial charge < -0.3 is 5.11 Å². The van der Waals surface area contributed by atoms with Crippen LogP contribution in [0.4, 0.5) is 0 Å². The summed E-state index contributed by atoms with van der Waals surface area (Å²) in [6.07, 6.45) is 4.45. The van der Waals surface area contributed by atoms with Crippen LogP contribution in [0.15, 0.2) is 36.1 Å². The highest BCUT2D eigenvalue weighted by atomic mass is 16.3. The predicted molar refractivity (Wildman–Crippen MR) is 45.3 cm³/mol. The molecule has 0 aliphatic carbocycles. The van der Waals surface area contributed by atoms with Crippen LogP contribution in [0.3, 0.4) is 0 Å². The van der Waals surface area contributed by atoms with Crippen LogP contribution < -0.4 is 0 Å². The van der Waals surface area contributed by atoms with Gasteiger partial charge in [-0.2, -0.15) is 0 Å². The third kappa shape index (κ3) is 4.14. The van der Waals surface area contributed by atoms with E-state index < -0.39 is 0 Å². The average molecular weight is 152 g/mol. The monoisotopic (exact) mass is 152 g/mol. The first kappa shape index (κ1) is 9.69. The second kappa shape index (κ2) is 4.50. The smallest absolute Gasteiger partial charge is 0.159 e. The first-order valence-corrected chi connectivity index (χ1v) is 3.31. The van der Waals surface area contributed by atoms with Crippen LogP contribution >= 0.6 is 0 Å². The van der Waals surface area contributed by atoms with E-state index in [4.69, 9.17) is 5.11 Å². The van der Waals surface area contributed by atoms with E-state index in [9.17, 15) is 4.79 Å². The minimum absolute atomic E-state index is 0.0925. The molecule has 2 nitrogen and oxygen atoms in total. The molecule has 11 heavy (non-hydrogen) atoms. The molecule has 0 aliphatic rings. The first-order chi connectivity index (χ1) is 5.07. The van der Waals surface area contributed by atoms with E-state index in [1.807, 2.05) is 0 Å². The van der Waals surface area contributed by atoms with E-state index in [0.29, 0.717) is 5.57 Å². The van der Waals surface area contributed by atoms with Gasteiger partial charge in [0.1, 0.15) is 5.76 Å². The minimum Gasteiger partial charge on any atom is -0.508 e. The van der Waals surface area contributed by atoms with Crippen molar-refractivity contribution in [3.8, 4) is 0 Å². The van der Waals surface area contributed by atoms with Crippen molar-refractivity contribution in [2.45, 2.75) is 13.8 Å². The van der Waals surface area contributed by atoms with Crippen LogP contribution in [0.1, 0.15) is 13.8 Å². The molecule has 0 spiro atoms. The van der Waals surface area contributed by atoms with Gasteiger partial charge in [0.2, 0.25) is 0 Å². The summed E-state index contributed by atoms with van der Waals surface area (Å²) < 4.78 is 0. The zero-order valence-corrected chi connectivity index (χ0v) is 6.79. The largest absolute Gasteiger partial charge is 0.508 e. The van der Waals surface area contributed by atoms with E-state index in [-0.39, 0.29) is 11.5 Å². The first-order valence-electron chi connectivity index (χ1n) is 3.31. The maximum absolute atomic E-state index is 10.6. The summed E-state index contributed by atoms with van der Waals surface area (Å²) in [5, 5.41) is 8.91. The fourth-order valence-electron chi connectivity index (χ4n) is 0.400. The van der Waals surface area contributed by atoms with Gasteiger partial charge >= 0.3 is 0 Å². The topological polar surface area (TPSA) is 37.3 Å². The summed E-state index contributed by atoms with van der Waals surface area (Å²) in [5.41, 5.74) is 0.387. The number of aliphatic hydroxyl groups is 1. The van der Waals surface area contributed by atoms with Crippen LogP contribution in [0.2, 0.25) is 0 Å². The lowest BCUT2D eigenvalue weighted by Gasteiger charge is -1.90. The molecule has 0 aliphatic heterocycles. The summed E-state index contributed by atoms with van der Waals surface area (Å²) >= 11 is 0. The molecular weight excluding hydrogens is 140 g/mol. The number of hydrogen-bond donors (Lipinski definition) is 1. The van der Waals surface area contributed by atoms with Gasteiger partial charge in [-0.15, -0.1) is 0 Å². The van der Waals surface area contributed by atoms with Gasteiger partial charge in [-0.3, -0.25) is 4.79 Å². The van der Waals surface area contributed by atoms with Crippen LogP contribution in [-0.4, -0.2) is 10.9 Å². The third-order valence-electron chi connectivity index (χ3n) is 1.20. The Bertz CT molecular complexity index is 222. The maximum Gasteiger partial charge on any atom is 0.159 e. The Morgan fingerprint density at radius 1 is 1.45 bits per heavy atom. The fourth-order valence-corrected chi connectivity index (χ4v) is 0.400. The Morgan fingerprint density at radius 3 is 2.36 bits per heavy atom. The van der Waals surface area contributed by atoms with Gasteiger partial charge in [-0.25, -0.2) is 0 Å². The highest BCUT2D eigenvalue weighted by Gasteiger charge is 1.93. The molecule has 60 valence electrons. The predicted octanol–water partition coefficient (Wildman–Crippen LogP) is 2.15. The van der Waals surface area contributed by atoms with Crippen molar-refractivity contribution in [1.82, 2.24) is 0 Å². The third-order valence-corrected chi connectivity index (χ3v) is 1.20. The van der Waals surface area contributed by atoms with E-state index in [0.717, 1.165) is 0 Å². The van der Waals surface area contributed by atoms with Crippen LogP contribution in [-0.2, 0) is 4.79 Å². The van der Waals surface area contributed by atoms with Crippen LogP contribution in [0.5, 0.6) is 0 Å². The number of carbonyl (C=O) groups is 1. The number of carbonyl (C=O) groups excluding carboxylic acids is 1. The molecule has 0 rings (SSSR count). The zero-order chi connectivity index (χ0) is 8.85. The number of aliphatic hydroxyl groups excluding tert-OH is 1. The van der Waals surface area contributed by atoms with Crippen molar-refractivity contribution in [1.29, 1.82) is 0 Å². The molecule has 0 aromatic carbocycles. The Kier molecular flexibility index (Phi) is 3.96. The molecule has 0 saturated heterocycles. The normalized spacial score (nSPS) is 12.0. The van der Waals surface area contributed by atoms with E-state index >= 15 is 0 Å². The van der Waals surface area contributed by atoms with Crippen molar-refractivity contribution < 1.29 is 9.90 Å². The molecule has 0 amide bonds. The second-order valence-electron chi connectivity index (χ2n) is 2.13. The van der Waals surface area contributed by atoms with Crippen LogP contribution in [0, 0.1) is 0 Å². The summed E-state index contributed by atoms with van der Waals surface area (Å²) in [6, 6.07) is 0. The van der Waals surface area contributed by atoms with Crippen molar-refractivity contribution in [2.24, 2.45) is 0 Å². The van der Waals surface area contributed by atoms with Gasteiger partial charge in [-0.05, 0) is 32.1 Å². The number of ketones is 1. The van der Waals surface area contributed by atoms with E-state index in [1.165, 1.54) is 25.2 Å². The average Bonchev–Trinajstić information content (AvgIpc) is 1.99. The Morgan fingerprint density at radius 2 is 2.00 bits per heavy atom. The van der Waals surface area contributed by atoms with Gasteiger partial charge in [0.15, 0.2) is 5.78 Å². The lowest BCUT2D eigenvalue weighted by Crippen LogP contribution is -1.90. The van der Waals surface area contributed by atoms with Gasteiger partial charge in [0.05, 0.1) is 0 Å². The molecule has 0 aromatic rings. The molecule has 0 unspecified atom stereocenters. The molecule has 0 aromatic heterocycles. The zero-order valence-electron chi connectivity index (χ0n) is 6.79. The Labute approximate surface area is 66.5 Å². The fraction of sp³-hybridized carbons (Fsp3) is 0.222. The molecule has 1 N–H and O–H groups in total. The molecule has 0 radical (unpaired) electrons. The quantitative estimate of drug-likeness (QED) is 0.382. The molecule has 0 bridgehead atoms. The number of allylic oxidation sites excluding steroid dienone is 4. The molecular formula is C9H12O2. The van der Waals surface area contributed by atoms with Gasteiger partial charge in [0, 0.05) is 5.57 Å². The molecule has 0 heterocycles. The summed E-state index contributed by atoms with van der Waals surface area (Å²) in [5.74, 6) is 0.0394. The Hall–Kier alpha value is -1.31. The van der Waals surface area contributed by atoms with E-state index in [1.54, 1.807) is 6.92 Å². The maximum atomic E-state index is 10.6. The van der Waals surface area contributed by atoms with Crippen molar-refractivity contribution in [3.05, 3.63) is 36.1 Å². The number of rotatable bonds is 3. The SMILES string of the molecule is C=C(/C=C\C(O)=C/C)C(C)=O. The lowest BCUT2D eigenvalue weighted by molar-refractivity contribution is -0.113. The molecule has 0 fully saturated rings. The van der Waals surface area contributed by atoms with Gasteiger partial charge in [-0.1, -0.05) is 6.58 Å². The number of Topliss-reactive ketones (excluding diaryl/α,β-unsaturated/α-hetero) is 1. The standard InChI is InChI=1S/C9H12O2/c1-4-9(11)6-5-7(2)8(3)10/h4-6,11H,2H2,1,3H3/b6-5-,9-4+. The molecule has 2 heteroatoms. The van der Waals surface area contributed by atoms with Gasteiger partial charge in [0.25, 0.3) is 0 Å².